The fourth-order valence-corrected chi connectivity index (χ4v) is 4.34. The van der Waals surface area contributed by atoms with E-state index in [1.165, 1.54) is 24.2 Å². The molecule has 0 aliphatic carbocycles. The van der Waals surface area contributed by atoms with Crippen LogP contribution < -0.4 is 29.7 Å². The summed E-state index contributed by atoms with van der Waals surface area (Å²) in [6.07, 6.45) is 1.39. The molecule has 39 heavy (non-hydrogen) atoms. The van der Waals surface area contributed by atoms with E-state index in [9.17, 15) is 14.4 Å². The molecule has 0 spiro atoms. The van der Waals surface area contributed by atoms with Crippen molar-refractivity contribution < 1.29 is 28.6 Å². The zero-order valence-corrected chi connectivity index (χ0v) is 22.6. The maximum absolute atomic E-state index is 13.3. The summed E-state index contributed by atoms with van der Waals surface area (Å²) in [6.45, 7) is 1.69. The topological polar surface area (TPSA) is 106 Å². The zero-order chi connectivity index (χ0) is 27.9. The second kappa shape index (κ2) is 12.4. The number of methoxy groups -OCH3 is 1. The Morgan fingerprint density at radius 1 is 1.05 bits per heavy atom. The second-order valence-corrected chi connectivity index (χ2v) is 8.89. The predicted molar refractivity (Wildman–Crippen MR) is 152 cm³/mol. The number of hydrogen-bond acceptors (Lipinski definition) is 7. The van der Waals surface area contributed by atoms with Crippen LogP contribution in [0.5, 0.6) is 17.2 Å². The van der Waals surface area contributed by atoms with E-state index >= 15 is 0 Å². The number of nitrogens with one attached hydrogen (secondary N) is 2. The average molecular weight is 566 g/mol. The van der Waals surface area contributed by atoms with Crippen LogP contribution in [0.4, 0.5) is 11.4 Å². The van der Waals surface area contributed by atoms with Gasteiger partial charge in [0.15, 0.2) is 23.2 Å². The first-order chi connectivity index (χ1) is 18.8. The minimum absolute atomic E-state index is 0.0171. The number of carbonyl (C=O) groups is 3. The summed E-state index contributed by atoms with van der Waals surface area (Å²) in [5.74, 6) is -0.782. The third kappa shape index (κ3) is 6.36. The number of rotatable bonds is 9. The number of nitrogens with zero attached hydrogens (tertiary/aromatic N) is 1. The number of anilines is 2. The highest BCUT2D eigenvalue weighted by Crippen LogP contribution is 2.38. The Hall–Kier alpha value is -4.41. The summed E-state index contributed by atoms with van der Waals surface area (Å²) >= 11 is 11.7. The SMILES string of the molecule is CCOc1cc(/C=C2/C(=O)NC(=S)N(c3ccccc3)C2=O)cc(Cl)c1OCC(=O)Nc1ccccc1OC. The van der Waals surface area contributed by atoms with E-state index in [0.29, 0.717) is 22.7 Å². The first kappa shape index (κ1) is 27.6. The van der Waals surface area contributed by atoms with Crippen molar-refractivity contribution >= 4 is 64.1 Å². The van der Waals surface area contributed by atoms with E-state index in [1.54, 1.807) is 67.6 Å². The Labute approximate surface area is 235 Å². The minimum Gasteiger partial charge on any atom is -0.495 e. The Balaban J connectivity index is 1.57. The van der Waals surface area contributed by atoms with Crippen molar-refractivity contribution in [2.24, 2.45) is 0 Å². The molecule has 9 nitrogen and oxygen atoms in total. The monoisotopic (exact) mass is 565 g/mol. The molecule has 0 bridgehead atoms. The van der Waals surface area contributed by atoms with Crippen LogP contribution in [0.1, 0.15) is 12.5 Å². The Morgan fingerprint density at radius 3 is 2.49 bits per heavy atom. The van der Waals surface area contributed by atoms with Crippen molar-refractivity contribution in [2.75, 3.05) is 30.5 Å². The van der Waals surface area contributed by atoms with Crippen LogP contribution in [-0.4, -0.2) is 43.2 Å². The van der Waals surface area contributed by atoms with Gasteiger partial charge in [-0.05, 0) is 67.2 Å². The third-order valence-corrected chi connectivity index (χ3v) is 6.05. The van der Waals surface area contributed by atoms with E-state index in [1.807, 2.05) is 0 Å². The van der Waals surface area contributed by atoms with Crippen LogP contribution in [0.25, 0.3) is 6.08 Å². The molecule has 1 fully saturated rings. The van der Waals surface area contributed by atoms with E-state index in [4.69, 9.17) is 38.0 Å². The van der Waals surface area contributed by atoms with Gasteiger partial charge < -0.3 is 19.5 Å². The molecular formula is C28H24ClN3O6S. The quantitative estimate of drug-likeness (QED) is 0.222. The van der Waals surface area contributed by atoms with E-state index in [0.717, 1.165) is 0 Å². The molecule has 1 aliphatic heterocycles. The Kier molecular flexibility index (Phi) is 8.80. The number of halogens is 1. The van der Waals surface area contributed by atoms with Gasteiger partial charge >= 0.3 is 0 Å². The molecule has 3 amide bonds. The molecule has 0 atom stereocenters. The van der Waals surface area contributed by atoms with Gasteiger partial charge in [0.2, 0.25) is 0 Å². The number of ether oxygens (including phenoxy) is 3. The molecule has 4 rings (SSSR count). The van der Waals surface area contributed by atoms with Crippen molar-refractivity contribution in [1.29, 1.82) is 0 Å². The Morgan fingerprint density at radius 2 is 1.77 bits per heavy atom. The minimum atomic E-state index is -0.639. The van der Waals surface area contributed by atoms with E-state index in [-0.39, 0.29) is 40.4 Å². The smallest absolute Gasteiger partial charge is 0.270 e. The average Bonchev–Trinajstić information content (AvgIpc) is 2.91. The van der Waals surface area contributed by atoms with Crippen molar-refractivity contribution in [1.82, 2.24) is 5.32 Å². The number of thiocarbonyl (C=S) groups is 1. The van der Waals surface area contributed by atoms with Gasteiger partial charge in [-0.3, -0.25) is 24.6 Å². The van der Waals surface area contributed by atoms with Crippen LogP contribution in [0, 0.1) is 0 Å². The van der Waals surface area contributed by atoms with Crippen LogP contribution in [0.2, 0.25) is 5.02 Å². The van der Waals surface area contributed by atoms with Gasteiger partial charge in [-0.1, -0.05) is 41.9 Å². The summed E-state index contributed by atoms with van der Waals surface area (Å²) in [5.41, 5.74) is 1.28. The molecule has 0 saturated carbocycles. The molecule has 0 aromatic heterocycles. The molecule has 11 heteroatoms. The summed E-state index contributed by atoms with van der Waals surface area (Å²) in [6, 6.07) is 18.8. The maximum Gasteiger partial charge on any atom is 0.270 e. The lowest BCUT2D eigenvalue weighted by atomic mass is 10.1. The van der Waals surface area contributed by atoms with Gasteiger partial charge in [0.05, 0.1) is 30.1 Å². The van der Waals surface area contributed by atoms with Gasteiger partial charge in [0, 0.05) is 0 Å². The highest BCUT2D eigenvalue weighted by atomic mass is 35.5. The zero-order valence-electron chi connectivity index (χ0n) is 21.0. The summed E-state index contributed by atoms with van der Waals surface area (Å²) in [4.78, 5) is 39.7. The molecule has 3 aromatic rings. The highest BCUT2D eigenvalue weighted by Gasteiger charge is 2.34. The first-order valence-electron chi connectivity index (χ1n) is 11.8. The molecular weight excluding hydrogens is 542 g/mol. The molecule has 0 radical (unpaired) electrons. The summed E-state index contributed by atoms with van der Waals surface area (Å²) in [5, 5.41) is 5.37. The van der Waals surface area contributed by atoms with Crippen molar-refractivity contribution in [3.05, 3.63) is 82.9 Å². The molecule has 1 heterocycles. The number of hydrogen-bond donors (Lipinski definition) is 2. The van der Waals surface area contributed by atoms with E-state index in [2.05, 4.69) is 10.6 Å². The molecule has 200 valence electrons. The number of carbonyl (C=O) groups excluding carboxylic acids is 3. The second-order valence-electron chi connectivity index (χ2n) is 8.09. The first-order valence-corrected chi connectivity index (χ1v) is 12.6. The molecule has 1 saturated heterocycles. The van der Waals surface area contributed by atoms with Gasteiger partial charge in [-0.15, -0.1) is 0 Å². The highest BCUT2D eigenvalue weighted by molar-refractivity contribution is 7.80. The summed E-state index contributed by atoms with van der Waals surface area (Å²) < 4.78 is 16.6. The third-order valence-electron chi connectivity index (χ3n) is 5.49. The van der Waals surface area contributed by atoms with Gasteiger partial charge in [-0.2, -0.15) is 0 Å². The molecule has 3 aromatic carbocycles. The number of para-hydroxylation sites is 3. The van der Waals surface area contributed by atoms with Crippen LogP contribution in [0.3, 0.4) is 0 Å². The largest absolute Gasteiger partial charge is 0.495 e. The predicted octanol–water partition coefficient (Wildman–Crippen LogP) is 4.60. The lowest BCUT2D eigenvalue weighted by Gasteiger charge is -2.28. The summed E-state index contributed by atoms with van der Waals surface area (Å²) in [7, 11) is 1.50. The fraction of sp³-hybridized carbons (Fsp3) is 0.143. The van der Waals surface area contributed by atoms with Crippen molar-refractivity contribution in [2.45, 2.75) is 6.92 Å². The van der Waals surface area contributed by atoms with Crippen LogP contribution in [-0.2, 0) is 14.4 Å². The normalized spacial score (nSPS) is 14.2. The van der Waals surface area contributed by atoms with E-state index < -0.39 is 17.7 Å². The van der Waals surface area contributed by atoms with Crippen molar-refractivity contribution in [3.8, 4) is 17.2 Å². The maximum atomic E-state index is 13.3. The van der Waals surface area contributed by atoms with Gasteiger partial charge in [0.1, 0.15) is 11.3 Å². The molecule has 1 aliphatic rings. The molecule has 0 unspecified atom stereocenters. The van der Waals surface area contributed by atoms with Crippen LogP contribution >= 0.6 is 23.8 Å². The van der Waals surface area contributed by atoms with Crippen molar-refractivity contribution in [3.63, 3.8) is 0 Å². The van der Waals surface area contributed by atoms with Gasteiger partial charge in [-0.25, -0.2) is 0 Å². The standard InChI is InChI=1S/C28H24ClN3O6S/c1-3-37-23-15-17(13-19-26(34)31-28(39)32(27(19)35)18-9-5-4-6-10-18)14-20(29)25(23)38-16-24(33)30-21-11-7-8-12-22(21)36-2/h4-15H,3,16H2,1-2H3,(H,30,33)(H,31,34,39)/b19-13-. The molecule has 2 N–H and O–H groups in total. The Bertz CT molecular complexity index is 1460. The fourth-order valence-electron chi connectivity index (χ4n) is 3.78. The lowest BCUT2D eigenvalue weighted by Crippen LogP contribution is -2.54. The number of amides is 3. The number of benzene rings is 3. The van der Waals surface area contributed by atoms with Gasteiger partial charge in [0.25, 0.3) is 17.7 Å². The van der Waals surface area contributed by atoms with Crippen LogP contribution in [0.15, 0.2) is 72.3 Å². The lowest BCUT2D eigenvalue weighted by molar-refractivity contribution is -0.122.